The molecule has 1 aliphatic heterocycles. The zero-order valence-electron chi connectivity index (χ0n) is 25.5. The number of nitrogens with zero attached hydrogens (tertiary/aromatic N) is 2. The fraction of sp³-hybridized carbons (Fsp3) is 0.500. The maximum atomic E-state index is 11.5. The molecule has 2 aromatic carbocycles. The van der Waals surface area contributed by atoms with E-state index in [1.165, 1.54) is 98.4 Å². The van der Waals surface area contributed by atoms with Crippen molar-refractivity contribution in [3.05, 3.63) is 103 Å². The van der Waals surface area contributed by atoms with Crippen molar-refractivity contribution in [2.45, 2.75) is 117 Å². The van der Waals surface area contributed by atoms with Gasteiger partial charge in [-0.1, -0.05) is 103 Å². The van der Waals surface area contributed by atoms with Crippen molar-refractivity contribution >= 4 is 11.4 Å². The van der Waals surface area contributed by atoms with Gasteiger partial charge in [-0.15, -0.1) is 0 Å². The second-order valence-electron chi connectivity index (χ2n) is 10.5. The second kappa shape index (κ2) is 20.9. The van der Waals surface area contributed by atoms with E-state index in [1.54, 1.807) is 0 Å². The molecule has 2 aromatic rings. The Morgan fingerprint density at radius 2 is 1.05 bits per heavy atom. The van der Waals surface area contributed by atoms with Crippen molar-refractivity contribution in [3.63, 3.8) is 0 Å². The largest absolute Gasteiger partial charge is 2.00 e. The maximum Gasteiger partial charge on any atom is 2.00 e. The second-order valence-corrected chi connectivity index (χ2v) is 10.5. The molecule has 3 rings (SSSR count). The molecule has 0 saturated carbocycles. The number of allylic oxidation sites excluding steroid dienone is 2. The number of hydrogen-bond donors (Lipinski definition) is 0. The van der Waals surface area contributed by atoms with Crippen molar-refractivity contribution in [1.82, 2.24) is 0 Å². The average molecular weight is 574 g/mol. The average Bonchev–Trinajstić information content (AvgIpc) is 3.23. The fourth-order valence-electron chi connectivity index (χ4n) is 5.27. The number of aryl methyl sites for hydroxylation is 2. The molecule has 1 aliphatic rings. The van der Waals surface area contributed by atoms with Gasteiger partial charge < -0.3 is 20.4 Å². The molecule has 0 amide bonds. The number of unbranched alkanes of at least 4 members (excludes halogenated alkanes) is 9. The fourth-order valence-corrected chi connectivity index (χ4v) is 5.27. The summed E-state index contributed by atoms with van der Waals surface area (Å²) in [7, 11) is 0. The van der Waals surface area contributed by atoms with Crippen molar-refractivity contribution < 1.29 is 21.2 Å². The summed E-state index contributed by atoms with van der Waals surface area (Å²) in [5.41, 5.74) is 19.7. The van der Waals surface area contributed by atoms with E-state index >= 15 is 0 Å². The van der Waals surface area contributed by atoms with E-state index < -0.39 is 0 Å². The summed E-state index contributed by atoms with van der Waals surface area (Å²) in [6.45, 7) is 6.78. The van der Waals surface area contributed by atoms with Crippen LogP contribution < -0.4 is 0 Å². The molecule has 0 spiro atoms. The van der Waals surface area contributed by atoms with Gasteiger partial charge in [0.05, 0.1) is 0 Å². The van der Waals surface area contributed by atoms with Crippen molar-refractivity contribution in [3.8, 4) is 0 Å². The van der Waals surface area contributed by atoms with E-state index in [0.717, 1.165) is 41.8 Å². The van der Waals surface area contributed by atoms with Crippen LogP contribution in [0.2, 0.25) is 0 Å². The Kier molecular flexibility index (Phi) is 19.8. The summed E-state index contributed by atoms with van der Waals surface area (Å²) >= 11 is 0. The summed E-state index contributed by atoms with van der Waals surface area (Å²) in [4.78, 5) is 0. The Hall–Kier alpha value is -1.99. The first-order valence-corrected chi connectivity index (χ1v) is 14.8. The third-order valence-electron chi connectivity index (χ3n) is 7.42. The Balaban J connectivity index is 0.00000481. The first-order valence-electron chi connectivity index (χ1n) is 14.8. The number of benzene rings is 2. The van der Waals surface area contributed by atoms with Gasteiger partial charge in [0.1, 0.15) is 0 Å². The van der Waals surface area contributed by atoms with Crippen LogP contribution in [0.5, 0.6) is 0 Å². The van der Waals surface area contributed by atoms with E-state index in [4.69, 9.17) is 0 Å². The van der Waals surface area contributed by atoms with Gasteiger partial charge in [-0.05, 0) is 73.9 Å². The van der Waals surface area contributed by atoms with Crippen LogP contribution in [-0.2, 0) is 29.3 Å². The summed E-state index contributed by atoms with van der Waals surface area (Å²) in [6, 6.07) is 17.7. The molecule has 3 heteroatoms. The first-order chi connectivity index (χ1) is 17.7. The Bertz CT molecular complexity index is 1030. The van der Waals surface area contributed by atoms with Gasteiger partial charge in [-0.3, -0.25) is 0 Å². The van der Waals surface area contributed by atoms with Gasteiger partial charge in [0.15, 0.2) is 0 Å². The standard InChI is InChI=1S/C34H48N2.2CH3.Ni/c1-4-7-10-13-18-28-20-16-23-30(25-28)33-27-32(22-15-12-9-6-3)34(36(33)35)31-24-17-21-29(26-31)19-14-11-8-5-2;;;/h16-17,20-21,23-27H,4-15,18-19,22H2,1-3H3;2*1H3;/q;2*-1;+2. The smallest absolute Gasteiger partial charge is 0.493 e. The summed E-state index contributed by atoms with van der Waals surface area (Å²) < 4.78 is 1.47. The van der Waals surface area contributed by atoms with E-state index in [1.807, 2.05) is 0 Å². The minimum atomic E-state index is 0. The molecule has 218 valence electrons. The summed E-state index contributed by atoms with van der Waals surface area (Å²) in [6.07, 6.45) is 20.6. The first kappa shape index (κ1) is 37.0. The molecule has 0 atom stereocenters. The van der Waals surface area contributed by atoms with Gasteiger partial charge in [0.2, 0.25) is 11.4 Å². The van der Waals surface area contributed by atoms with Crippen LogP contribution in [0.1, 0.15) is 126 Å². The molecule has 0 N–H and O–H groups in total. The van der Waals surface area contributed by atoms with Crippen LogP contribution in [0, 0.1) is 14.9 Å². The van der Waals surface area contributed by atoms with Gasteiger partial charge >= 0.3 is 16.5 Å². The van der Waals surface area contributed by atoms with E-state index in [9.17, 15) is 5.53 Å². The van der Waals surface area contributed by atoms with Gasteiger partial charge in [-0.2, -0.15) is 0 Å². The molecule has 1 heterocycles. The molecule has 0 fully saturated rings. The van der Waals surface area contributed by atoms with Gasteiger partial charge in [0.25, 0.3) is 0 Å². The van der Waals surface area contributed by atoms with Crippen LogP contribution in [0.25, 0.3) is 16.9 Å². The molecule has 0 saturated heterocycles. The van der Waals surface area contributed by atoms with Gasteiger partial charge in [-0.25, -0.2) is 4.70 Å². The zero-order chi connectivity index (χ0) is 25.6. The Labute approximate surface area is 251 Å². The quantitative estimate of drug-likeness (QED) is 0.0779. The molecule has 0 unspecified atom stereocenters. The molecule has 0 bridgehead atoms. The van der Waals surface area contributed by atoms with Crippen molar-refractivity contribution in [1.29, 1.82) is 0 Å². The summed E-state index contributed by atoms with van der Waals surface area (Å²) in [5.74, 6) is 0. The predicted molar refractivity (Wildman–Crippen MR) is 169 cm³/mol. The monoisotopic (exact) mass is 572 g/mol. The molecule has 0 aromatic heterocycles. The molecule has 2 nitrogen and oxygen atoms in total. The predicted octanol–water partition coefficient (Wildman–Crippen LogP) is 11.6. The van der Waals surface area contributed by atoms with Crippen LogP contribution in [0.3, 0.4) is 0 Å². The number of rotatable bonds is 17. The van der Waals surface area contributed by atoms with Crippen molar-refractivity contribution in [2.24, 2.45) is 0 Å². The molecule has 0 aliphatic carbocycles. The third kappa shape index (κ3) is 11.6. The molecular weight excluding hydrogens is 519 g/mol. The maximum absolute atomic E-state index is 11.5. The number of hydrogen-bond acceptors (Lipinski definition) is 0. The SMILES string of the molecule is CCCCCCC1=C(c2cccc(CCCCCC)c2)[N+](=[N-])C(c2cccc(CCCCCC)c2)=C1.[CH3-].[CH3-].[Ni+2]. The third-order valence-corrected chi connectivity index (χ3v) is 7.42. The zero-order valence-corrected chi connectivity index (χ0v) is 26.5. The molecule has 39 heavy (non-hydrogen) atoms. The minimum Gasteiger partial charge on any atom is -0.493 e. The Morgan fingerprint density at radius 1 is 0.590 bits per heavy atom. The van der Waals surface area contributed by atoms with E-state index in [0.29, 0.717) is 0 Å². The molecule has 0 radical (unpaired) electrons. The van der Waals surface area contributed by atoms with Crippen LogP contribution in [-0.4, -0.2) is 4.70 Å². The topological polar surface area (TPSA) is 25.3 Å². The normalized spacial score (nSPS) is 12.5. The summed E-state index contributed by atoms with van der Waals surface area (Å²) in [5, 5.41) is 0. The van der Waals surface area contributed by atoms with Crippen LogP contribution in [0.4, 0.5) is 0 Å². The Morgan fingerprint density at radius 3 is 1.56 bits per heavy atom. The van der Waals surface area contributed by atoms with Gasteiger partial charge in [0, 0.05) is 22.8 Å². The van der Waals surface area contributed by atoms with E-state index in [2.05, 4.69) is 75.4 Å². The van der Waals surface area contributed by atoms with Crippen LogP contribution >= 0.6 is 0 Å². The molecular formula is C36H54N2Ni. The van der Waals surface area contributed by atoms with Crippen LogP contribution in [0.15, 0.2) is 60.2 Å². The van der Waals surface area contributed by atoms with Crippen molar-refractivity contribution in [2.75, 3.05) is 0 Å². The van der Waals surface area contributed by atoms with E-state index in [-0.39, 0.29) is 31.3 Å². The minimum absolute atomic E-state index is 0.